The minimum Gasteiger partial charge on any atom is -0.481 e. The number of hydrogen-bond acceptors (Lipinski definition) is 2. The lowest BCUT2D eigenvalue weighted by Gasteiger charge is -2.08. The van der Waals surface area contributed by atoms with Crippen LogP contribution in [-0.2, 0) is 4.79 Å². The summed E-state index contributed by atoms with van der Waals surface area (Å²) in [6, 6.07) is 0. The van der Waals surface area contributed by atoms with Crippen LogP contribution in [0.25, 0.3) is 0 Å². The molecule has 76 valence electrons. The van der Waals surface area contributed by atoms with Gasteiger partial charge in [0.1, 0.15) is 0 Å². The highest BCUT2D eigenvalue weighted by atomic mass is 16.4. The molecule has 0 aromatic heterocycles. The average Bonchev–Trinajstić information content (AvgIpc) is 2.20. The third-order valence-corrected chi connectivity index (χ3v) is 3.90. The first-order chi connectivity index (χ1) is 5.71. The topological polar surface area (TPSA) is 57.5 Å². The number of carboxylic acid groups (broad SMARTS) is 1. The molecule has 3 nitrogen and oxygen atoms in total. The van der Waals surface area contributed by atoms with Crippen molar-refractivity contribution in [3.63, 3.8) is 0 Å². The Balaban J connectivity index is 2.62. The predicted octanol–water partition coefficient (Wildman–Crippen LogP) is 1.50. The third-order valence-electron chi connectivity index (χ3n) is 3.90. The molecule has 13 heavy (non-hydrogen) atoms. The average molecular weight is 186 g/mol. The van der Waals surface area contributed by atoms with E-state index < -0.39 is 12.1 Å². The summed E-state index contributed by atoms with van der Waals surface area (Å²) in [7, 11) is 0. The summed E-state index contributed by atoms with van der Waals surface area (Å²) >= 11 is 0. The molecule has 2 N–H and O–H groups in total. The second-order valence-electron chi connectivity index (χ2n) is 5.09. The molecule has 1 unspecified atom stereocenters. The minimum absolute atomic E-state index is 0.0574. The molecule has 1 fully saturated rings. The van der Waals surface area contributed by atoms with Gasteiger partial charge >= 0.3 is 5.97 Å². The summed E-state index contributed by atoms with van der Waals surface area (Å²) in [4.78, 5) is 10.4. The third kappa shape index (κ3) is 1.46. The lowest BCUT2D eigenvalue weighted by Crippen LogP contribution is -2.18. The van der Waals surface area contributed by atoms with Crippen LogP contribution in [0.5, 0.6) is 0 Å². The molecule has 1 saturated carbocycles. The Bertz CT molecular complexity index is 216. The molecule has 0 heterocycles. The van der Waals surface area contributed by atoms with Crippen LogP contribution in [0.3, 0.4) is 0 Å². The molecule has 0 aromatic carbocycles. The van der Waals surface area contributed by atoms with Crippen molar-refractivity contribution >= 4 is 5.97 Å². The van der Waals surface area contributed by atoms with Gasteiger partial charge in [-0.2, -0.15) is 0 Å². The Morgan fingerprint density at radius 2 is 1.69 bits per heavy atom. The van der Waals surface area contributed by atoms with Gasteiger partial charge in [-0.15, -0.1) is 0 Å². The molecule has 1 aliphatic rings. The fraction of sp³-hybridized carbons (Fsp3) is 0.900. The van der Waals surface area contributed by atoms with E-state index in [9.17, 15) is 9.90 Å². The highest BCUT2D eigenvalue weighted by Gasteiger charge is 2.67. The lowest BCUT2D eigenvalue weighted by molar-refractivity contribution is -0.139. The normalized spacial score (nSPS) is 26.8. The van der Waals surface area contributed by atoms with Crippen molar-refractivity contribution in [2.45, 2.75) is 40.2 Å². The Kier molecular flexibility index (Phi) is 2.19. The van der Waals surface area contributed by atoms with E-state index in [-0.39, 0.29) is 23.2 Å². The van der Waals surface area contributed by atoms with Gasteiger partial charge in [-0.25, -0.2) is 0 Å². The summed E-state index contributed by atoms with van der Waals surface area (Å²) < 4.78 is 0. The van der Waals surface area contributed by atoms with Crippen molar-refractivity contribution in [2.75, 3.05) is 0 Å². The van der Waals surface area contributed by atoms with Gasteiger partial charge in [-0.05, 0) is 16.7 Å². The standard InChI is InChI=1S/C10H18O3/c1-9(2)8(10(9,3)4)6(11)5-7(12)13/h6,8,11H,5H2,1-4H3,(H,12,13). The smallest absolute Gasteiger partial charge is 0.305 e. The van der Waals surface area contributed by atoms with E-state index in [2.05, 4.69) is 27.7 Å². The summed E-state index contributed by atoms with van der Waals surface area (Å²) in [5.74, 6) is -0.817. The Labute approximate surface area is 78.8 Å². The van der Waals surface area contributed by atoms with Crippen LogP contribution in [-0.4, -0.2) is 22.3 Å². The molecule has 3 heteroatoms. The van der Waals surface area contributed by atoms with E-state index in [0.717, 1.165) is 0 Å². The first-order valence-electron chi connectivity index (χ1n) is 4.61. The summed E-state index contributed by atoms with van der Waals surface area (Å²) in [5.41, 5.74) is 0.115. The molecular formula is C10H18O3. The van der Waals surface area contributed by atoms with E-state index in [1.54, 1.807) is 0 Å². The van der Waals surface area contributed by atoms with Gasteiger partial charge in [-0.1, -0.05) is 27.7 Å². The van der Waals surface area contributed by atoms with Crippen LogP contribution >= 0.6 is 0 Å². The van der Waals surface area contributed by atoms with Gasteiger partial charge in [0, 0.05) is 0 Å². The predicted molar refractivity (Wildman–Crippen MR) is 49.3 cm³/mol. The molecule has 0 amide bonds. The molecule has 1 atom stereocenters. The Hall–Kier alpha value is -0.570. The Morgan fingerprint density at radius 3 is 1.92 bits per heavy atom. The first kappa shape index (κ1) is 10.5. The molecular weight excluding hydrogens is 168 g/mol. The monoisotopic (exact) mass is 186 g/mol. The number of aliphatic hydroxyl groups excluding tert-OH is 1. The van der Waals surface area contributed by atoms with Crippen LogP contribution in [0.2, 0.25) is 0 Å². The maximum absolute atomic E-state index is 10.4. The van der Waals surface area contributed by atoms with E-state index in [0.29, 0.717) is 0 Å². The van der Waals surface area contributed by atoms with Gasteiger partial charge < -0.3 is 10.2 Å². The largest absolute Gasteiger partial charge is 0.481 e. The van der Waals surface area contributed by atoms with Gasteiger partial charge in [0.05, 0.1) is 12.5 Å². The molecule has 0 aromatic rings. The second-order valence-corrected chi connectivity index (χ2v) is 5.09. The summed E-state index contributed by atoms with van der Waals surface area (Å²) in [6.45, 7) is 8.29. The maximum Gasteiger partial charge on any atom is 0.305 e. The second kappa shape index (κ2) is 2.71. The SMILES string of the molecule is CC1(C)C(C(O)CC(=O)O)C1(C)C. The van der Waals surface area contributed by atoms with Crippen LogP contribution < -0.4 is 0 Å². The highest BCUT2D eigenvalue weighted by Crippen LogP contribution is 2.69. The zero-order valence-electron chi connectivity index (χ0n) is 8.66. The number of carboxylic acids is 1. The zero-order valence-corrected chi connectivity index (χ0v) is 8.66. The Morgan fingerprint density at radius 1 is 1.31 bits per heavy atom. The van der Waals surface area contributed by atoms with E-state index in [1.165, 1.54) is 0 Å². The minimum atomic E-state index is -0.925. The molecule has 0 aliphatic heterocycles. The fourth-order valence-electron chi connectivity index (χ4n) is 2.51. The number of aliphatic carboxylic acids is 1. The van der Waals surface area contributed by atoms with E-state index in [4.69, 9.17) is 5.11 Å². The van der Waals surface area contributed by atoms with Gasteiger partial charge in [0.2, 0.25) is 0 Å². The lowest BCUT2D eigenvalue weighted by atomic mass is 10.0. The van der Waals surface area contributed by atoms with Crippen molar-refractivity contribution in [2.24, 2.45) is 16.7 Å². The van der Waals surface area contributed by atoms with Crippen molar-refractivity contribution in [3.05, 3.63) is 0 Å². The molecule has 1 aliphatic carbocycles. The quantitative estimate of drug-likeness (QED) is 0.702. The first-order valence-corrected chi connectivity index (χ1v) is 4.61. The summed E-state index contributed by atoms with van der Waals surface area (Å²) in [6.07, 6.45) is -0.847. The number of carbonyl (C=O) groups is 1. The van der Waals surface area contributed by atoms with E-state index in [1.807, 2.05) is 0 Å². The maximum atomic E-state index is 10.4. The fourth-order valence-corrected chi connectivity index (χ4v) is 2.51. The van der Waals surface area contributed by atoms with Crippen LogP contribution in [0.4, 0.5) is 0 Å². The van der Waals surface area contributed by atoms with Crippen LogP contribution in [0.15, 0.2) is 0 Å². The van der Waals surface area contributed by atoms with Gasteiger partial charge in [0.15, 0.2) is 0 Å². The molecule has 0 spiro atoms. The van der Waals surface area contributed by atoms with Crippen LogP contribution in [0, 0.1) is 16.7 Å². The molecule has 1 rings (SSSR count). The number of rotatable bonds is 3. The molecule has 0 bridgehead atoms. The van der Waals surface area contributed by atoms with Crippen molar-refractivity contribution in [1.82, 2.24) is 0 Å². The van der Waals surface area contributed by atoms with Crippen LogP contribution in [0.1, 0.15) is 34.1 Å². The van der Waals surface area contributed by atoms with E-state index >= 15 is 0 Å². The summed E-state index contributed by atoms with van der Waals surface area (Å²) in [5, 5.41) is 18.2. The molecule has 0 radical (unpaired) electrons. The molecule has 0 saturated heterocycles. The van der Waals surface area contributed by atoms with Gasteiger partial charge in [-0.3, -0.25) is 4.79 Å². The number of aliphatic hydroxyl groups is 1. The number of hydrogen-bond donors (Lipinski definition) is 2. The van der Waals surface area contributed by atoms with Gasteiger partial charge in [0.25, 0.3) is 0 Å². The highest BCUT2D eigenvalue weighted by molar-refractivity contribution is 5.67. The zero-order chi connectivity index (χ0) is 10.4. The van der Waals surface area contributed by atoms with Crippen molar-refractivity contribution in [1.29, 1.82) is 0 Å². The van der Waals surface area contributed by atoms with Crippen molar-refractivity contribution in [3.8, 4) is 0 Å². The van der Waals surface area contributed by atoms with Crippen molar-refractivity contribution < 1.29 is 15.0 Å².